The van der Waals surface area contributed by atoms with E-state index >= 15 is 0 Å². The predicted molar refractivity (Wildman–Crippen MR) is 103 cm³/mol. The van der Waals surface area contributed by atoms with Gasteiger partial charge in [-0.15, -0.1) is 0 Å². The van der Waals surface area contributed by atoms with Crippen LogP contribution in [0.1, 0.15) is 30.4 Å². The van der Waals surface area contributed by atoms with Crippen molar-refractivity contribution in [2.45, 2.75) is 32.1 Å². The van der Waals surface area contributed by atoms with Gasteiger partial charge in [-0.1, -0.05) is 18.2 Å². The number of aromatic amines is 2. The molecule has 1 amide bonds. The van der Waals surface area contributed by atoms with Gasteiger partial charge >= 0.3 is 11.7 Å². The lowest BCUT2D eigenvalue weighted by Gasteiger charge is -2.07. The van der Waals surface area contributed by atoms with Crippen LogP contribution in [-0.2, 0) is 22.4 Å². The third-order valence-corrected chi connectivity index (χ3v) is 4.29. The number of amides is 1. The average molecular weight is 367 g/mol. The van der Waals surface area contributed by atoms with Crippen LogP contribution in [0, 0.1) is 0 Å². The molecule has 0 aliphatic carbocycles. The number of fused-ring (bicyclic) bond motifs is 1. The predicted octanol–water partition coefficient (Wildman–Crippen LogP) is 2.83. The van der Waals surface area contributed by atoms with Gasteiger partial charge in [0.25, 0.3) is 0 Å². The first-order valence-corrected chi connectivity index (χ1v) is 8.81. The molecule has 0 radical (unpaired) electrons. The number of rotatable bonds is 8. The molecule has 140 valence electrons. The van der Waals surface area contributed by atoms with E-state index in [4.69, 9.17) is 5.11 Å². The van der Waals surface area contributed by atoms with Crippen molar-refractivity contribution in [3.05, 3.63) is 64.1 Å². The zero-order valence-corrected chi connectivity index (χ0v) is 14.7. The molecular formula is C20H21N3O4. The number of imidazole rings is 1. The number of carboxylic acid groups (broad SMARTS) is 1. The summed E-state index contributed by atoms with van der Waals surface area (Å²) in [6.07, 6.45) is 2.29. The highest BCUT2D eigenvalue weighted by atomic mass is 16.4. The quantitative estimate of drug-likeness (QED) is 0.490. The highest BCUT2D eigenvalue weighted by molar-refractivity contribution is 5.90. The first-order chi connectivity index (χ1) is 13.0. The molecule has 3 rings (SSSR count). The molecule has 1 aromatic heterocycles. The number of H-pyrrole nitrogens is 2. The van der Waals surface area contributed by atoms with E-state index in [0.29, 0.717) is 24.9 Å². The molecule has 3 aromatic rings. The largest absolute Gasteiger partial charge is 0.481 e. The van der Waals surface area contributed by atoms with E-state index in [1.807, 2.05) is 24.3 Å². The molecule has 0 aliphatic rings. The Labute approximate surface area is 155 Å². The van der Waals surface area contributed by atoms with Crippen LogP contribution in [0.2, 0.25) is 0 Å². The van der Waals surface area contributed by atoms with E-state index in [0.717, 1.165) is 28.6 Å². The third-order valence-electron chi connectivity index (χ3n) is 4.29. The average Bonchev–Trinajstić information content (AvgIpc) is 2.99. The van der Waals surface area contributed by atoms with Gasteiger partial charge in [-0.05, 0) is 54.7 Å². The van der Waals surface area contributed by atoms with Crippen molar-refractivity contribution in [1.82, 2.24) is 9.97 Å². The highest BCUT2D eigenvalue weighted by Gasteiger charge is 2.06. The van der Waals surface area contributed by atoms with Crippen LogP contribution in [-0.4, -0.2) is 27.0 Å². The van der Waals surface area contributed by atoms with E-state index in [1.54, 1.807) is 18.2 Å². The maximum atomic E-state index is 12.1. The molecule has 0 bridgehead atoms. The molecule has 0 saturated carbocycles. The van der Waals surface area contributed by atoms with E-state index < -0.39 is 5.97 Å². The van der Waals surface area contributed by atoms with Crippen molar-refractivity contribution in [1.29, 1.82) is 0 Å². The van der Waals surface area contributed by atoms with Crippen LogP contribution in [0.25, 0.3) is 11.0 Å². The molecule has 0 atom stereocenters. The maximum absolute atomic E-state index is 12.1. The Morgan fingerprint density at radius 1 is 0.926 bits per heavy atom. The molecule has 27 heavy (non-hydrogen) atoms. The van der Waals surface area contributed by atoms with Gasteiger partial charge in [0, 0.05) is 18.5 Å². The number of carboxylic acids is 1. The molecule has 4 N–H and O–H groups in total. The van der Waals surface area contributed by atoms with Crippen molar-refractivity contribution in [3.63, 3.8) is 0 Å². The normalized spacial score (nSPS) is 10.8. The van der Waals surface area contributed by atoms with Gasteiger partial charge in [0.05, 0.1) is 11.0 Å². The molecule has 0 spiro atoms. The summed E-state index contributed by atoms with van der Waals surface area (Å²) in [5.41, 5.74) is 3.91. The van der Waals surface area contributed by atoms with Crippen LogP contribution >= 0.6 is 0 Å². The lowest BCUT2D eigenvalue weighted by atomic mass is 10.1. The van der Waals surface area contributed by atoms with Crippen molar-refractivity contribution in [2.75, 3.05) is 5.32 Å². The smallest absolute Gasteiger partial charge is 0.323 e. The Morgan fingerprint density at radius 2 is 1.70 bits per heavy atom. The van der Waals surface area contributed by atoms with Crippen molar-refractivity contribution in [2.24, 2.45) is 0 Å². The van der Waals surface area contributed by atoms with E-state index in [9.17, 15) is 14.4 Å². The van der Waals surface area contributed by atoms with E-state index in [-0.39, 0.29) is 18.0 Å². The van der Waals surface area contributed by atoms with Gasteiger partial charge in [-0.2, -0.15) is 0 Å². The second kappa shape index (κ2) is 8.35. The van der Waals surface area contributed by atoms with Gasteiger partial charge in [0.1, 0.15) is 0 Å². The number of hydrogen-bond donors (Lipinski definition) is 4. The Balaban J connectivity index is 1.49. The van der Waals surface area contributed by atoms with E-state index in [1.165, 1.54) is 0 Å². The first-order valence-electron chi connectivity index (χ1n) is 8.81. The summed E-state index contributed by atoms with van der Waals surface area (Å²) >= 11 is 0. The maximum Gasteiger partial charge on any atom is 0.323 e. The number of aromatic nitrogens is 2. The molecule has 2 aromatic carbocycles. The van der Waals surface area contributed by atoms with Crippen LogP contribution < -0.4 is 11.0 Å². The number of aliphatic carboxylic acids is 1. The summed E-state index contributed by atoms with van der Waals surface area (Å²) in [5, 5.41) is 11.6. The fourth-order valence-corrected chi connectivity index (χ4v) is 2.97. The Morgan fingerprint density at radius 3 is 2.52 bits per heavy atom. The monoisotopic (exact) mass is 367 g/mol. The van der Waals surface area contributed by atoms with Crippen LogP contribution in [0.15, 0.2) is 47.3 Å². The minimum Gasteiger partial charge on any atom is -0.481 e. The zero-order valence-electron chi connectivity index (χ0n) is 14.7. The molecule has 0 fully saturated rings. The number of anilines is 1. The summed E-state index contributed by atoms with van der Waals surface area (Å²) in [6, 6.07) is 13.0. The van der Waals surface area contributed by atoms with Gasteiger partial charge in [0.2, 0.25) is 5.91 Å². The number of hydrogen-bond acceptors (Lipinski definition) is 3. The zero-order chi connectivity index (χ0) is 19.2. The van der Waals surface area contributed by atoms with Gasteiger partial charge in [-0.3, -0.25) is 9.59 Å². The summed E-state index contributed by atoms with van der Waals surface area (Å²) in [4.78, 5) is 39.5. The number of carbonyl (C=O) groups excluding carboxylic acids is 1. The number of aryl methyl sites for hydroxylation is 2. The molecule has 1 heterocycles. The number of benzene rings is 2. The molecule has 7 heteroatoms. The first kappa shape index (κ1) is 18.4. The lowest BCUT2D eigenvalue weighted by molar-refractivity contribution is -0.137. The second-order valence-electron chi connectivity index (χ2n) is 6.45. The summed E-state index contributed by atoms with van der Waals surface area (Å²) in [7, 11) is 0. The number of nitrogens with one attached hydrogen (secondary N) is 3. The summed E-state index contributed by atoms with van der Waals surface area (Å²) in [5.74, 6) is -0.923. The third kappa shape index (κ3) is 5.31. The molecule has 0 unspecified atom stereocenters. The lowest BCUT2D eigenvalue weighted by Crippen LogP contribution is -2.11. The minimum absolute atomic E-state index is 0.0636. The fraction of sp³-hybridized carbons (Fsp3) is 0.250. The van der Waals surface area contributed by atoms with Crippen LogP contribution in [0.3, 0.4) is 0 Å². The van der Waals surface area contributed by atoms with Gasteiger partial charge < -0.3 is 20.4 Å². The van der Waals surface area contributed by atoms with E-state index in [2.05, 4.69) is 15.3 Å². The van der Waals surface area contributed by atoms with Gasteiger partial charge in [-0.25, -0.2) is 4.79 Å². The molecule has 0 saturated heterocycles. The number of carbonyl (C=O) groups is 2. The summed E-state index contributed by atoms with van der Waals surface area (Å²) in [6.45, 7) is 0. The molecular weight excluding hydrogens is 346 g/mol. The highest BCUT2D eigenvalue weighted by Crippen LogP contribution is 2.15. The van der Waals surface area contributed by atoms with Crippen molar-refractivity contribution in [3.8, 4) is 0 Å². The van der Waals surface area contributed by atoms with Crippen molar-refractivity contribution >= 4 is 28.6 Å². The molecule has 0 aliphatic heterocycles. The standard InChI is InChI=1S/C20H21N3O4/c24-18(21-15-5-1-3-13(11-15)8-10-19(25)26)6-2-4-14-7-9-16-17(12-14)23-20(27)22-16/h1,3,5,7,9,11-12H,2,4,6,8,10H2,(H,21,24)(H,25,26)(H2,22,23,27). The Kier molecular flexibility index (Phi) is 5.71. The molecule has 7 nitrogen and oxygen atoms in total. The Hall–Kier alpha value is -3.35. The topological polar surface area (TPSA) is 115 Å². The SMILES string of the molecule is O=C(O)CCc1cccc(NC(=O)CCCc2ccc3[nH]c(=O)[nH]c3c2)c1. The fourth-order valence-electron chi connectivity index (χ4n) is 2.97. The minimum atomic E-state index is -0.841. The summed E-state index contributed by atoms with van der Waals surface area (Å²) < 4.78 is 0. The second-order valence-corrected chi connectivity index (χ2v) is 6.45. The Bertz CT molecular complexity index is 1020. The van der Waals surface area contributed by atoms with Gasteiger partial charge in [0.15, 0.2) is 0 Å². The van der Waals surface area contributed by atoms with Crippen molar-refractivity contribution < 1.29 is 14.7 Å². The van der Waals surface area contributed by atoms with Crippen LogP contribution in [0.5, 0.6) is 0 Å². The van der Waals surface area contributed by atoms with Crippen LogP contribution in [0.4, 0.5) is 5.69 Å².